The number of anilines is 1. The lowest BCUT2D eigenvalue weighted by Crippen LogP contribution is -2.50. The molecule has 1 aromatic rings. The monoisotopic (exact) mass is 298 g/mol. The van der Waals surface area contributed by atoms with Gasteiger partial charge >= 0.3 is 0 Å². The quantitative estimate of drug-likeness (QED) is 0.864. The van der Waals surface area contributed by atoms with Gasteiger partial charge in [0.15, 0.2) is 0 Å². The van der Waals surface area contributed by atoms with Gasteiger partial charge < -0.3 is 10.2 Å². The lowest BCUT2D eigenvalue weighted by atomic mass is 9.81. The highest BCUT2D eigenvalue weighted by Crippen LogP contribution is 2.35. The summed E-state index contributed by atoms with van der Waals surface area (Å²) in [4.78, 5) is 14.5. The van der Waals surface area contributed by atoms with Crippen molar-refractivity contribution in [2.75, 3.05) is 24.5 Å². The Balaban J connectivity index is 0.00000147. The number of rotatable bonds is 1. The third kappa shape index (κ3) is 2.54. The molecule has 1 fully saturated rings. The van der Waals surface area contributed by atoms with Gasteiger partial charge in [0, 0.05) is 18.8 Å². The summed E-state index contributed by atoms with van der Waals surface area (Å²) in [5, 5.41) is 3.29. The molecule has 0 bridgehead atoms. The SMILES string of the molecule is CC1(C(=O)N2CCc3ccc(F)cc32)CCCNC1.Cl. The average Bonchev–Trinajstić information content (AvgIpc) is 2.81. The van der Waals surface area contributed by atoms with E-state index in [0.29, 0.717) is 13.1 Å². The fourth-order valence-electron chi connectivity index (χ4n) is 3.13. The first-order chi connectivity index (χ1) is 9.10. The molecular weight excluding hydrogens is 279 g/mol. The summed E-state index contributed by atoms with van der Waals surface area (Å²) in [5.74, 6) is -0.144. The Hall–Kier alpha value is -1.13. The van der Waals surface area contributed by atoms with Crippen LogP contribution in [0.4, 0.5) is 10.1 Å². The van der Waals surface area contributed by atoms with E-state index in [2.05, 4.69) is 5.32 Å². The Bertz CT molecular complexity index is 515. The summed E-state index contributed by atoms with van der Waals surface area (Å²) < 4.78 is 13.4. The molecular formula is C15H20ClFN2O. The van der Waals surface area contributed by atoms with Gasteiger partial charge in [-0.05, 0) is 50.4 Å². The molecule has 20 heavy (non-hydrogen) atoms. The summed E-state index contributed by atoms with van der Waals surface area (Å²) in [6.45, 7) is 4.38. The number of hydrogen-bond donors (Lipinski definition) is 1. The average molecular weight is 299 g/mol. The largest absolute Gasteiger partial charge is 0.316 e. The van der Waals surface area contributed by atoms with Crippen LogP contribution < -0.4 is 10.2 Å². The zero-order valence-corrected chi connectivity index (χ0v) is 12.4. The predicted octanol–water partition coefficient (Wildman–Crippen LogP) is 2.53. The van der Waals surface area contributed by atoms with Crippen LogP contribution in [0, 0.1) is 11.2 Å². The van der Waals surface area contributed by atoms with Crippen LogP contribution in [0.15, 0.2) is 18.2 Å². The molecule has 1 aromatic carbocycles. The first kappa shape index (κ1) is 15.3. The molecule has 5 heteroatoms. The molecule has 1 amide bonds. The molecule has 110 valence electrons. The van der Waals surface area contributed by atoms with Gasteiger partial charge in [0.2, 0.25) is 5.91 Å². The maximum Gasteiger partial charge on any atom is 0.234 e. The maximum atomic E-state index is 13.4. The summed E-state index contributed by atoms with van der Waals surface area (Å²) in [5.41, 5.74) is 1.48. The predicted molar refractivity (Wildman–Crippen MR) is 79.9 cm³/mol. The Morgan fingerprint density at radius 2 is 2.25 bits per heavy atom. The Morgan fingerprint density at radius 1 is 1.45 bits per heavy atom. The van der Waals surface area contributed by atoms with Gasteiger partial charge in [0.25, 0.3) is 0 Å². The van der Waals surface area contributed by atoms with E-state index in [9.17, 15) is 9.18 Å². The molecule has 0 saturated carbocycles. The summed E-state index contributed by atoms with van der Waals surface area (Å²) >= 11 is 0. The second-order valence-corrected chi connectivity index (χ2v) is 5.82. The first-order valence-corrected chi connectivity index (χ1v) is 6.91. The topological polar surface area (TPSA) is 32.3 Å². The number of hydrogen-bond acceptors (Lipinski definition) is 2. The van der Waals surface area contributed by atoms with E-state index in [-0.39, 0.29) is 29.5 Å². The number of carbonyl (C=O) groups is 1. The lowest BCUT2D eigenvalue weighted by Gasteiger charge is -2.36. The fourth-order valence-corrected chi connectivity index (χ4v) is 3.13. The Morgan fingerprint density at radius 3 is 2.95 bits per heavy atom. The minimum absolute atomic E-state index is 0. The molecule has 0 aliphatic carbocycles. The van der Waals surface area contributed by atoms with Crippen molar-refractivity contribution in [3.05, 3.63) is 29.6 Å². The molecule has 1 saturated heterocycles. The maximum absolute atomic E-state index is 13.4. The van der Waals surface area contributed by atoms with Crippen molar-refractivity contribution in [3.63, 3.8) is 0 Å². The number of piperidine rings is 1. The van der Waals surface area contributed by atoms with Crippen molar-refractivity contribution in [3.8, 4) is 0 Å². The van der Waals surface area contributed by atoms with Gasteiger partial charge in [0.05, 0.1) is 5.41 Å². The van der Waals surface area contributed by atoms with Crippen molar-refractivity contribution >= 4 is 24.0 Å². The highest BCUT2D eigenvalue weighted by Gasteiger charge is 2.40. The van der Waals surface area contributed by atoms with Crippen LogP contribution in [0.25, 0.3) is 0 Å². The molecule has 1 N–H and O–H groups in total. The van der Waals surface area contributed by atoms with E-state index in [0.717, 1.165) is 37.1 Å². The van der Waals surface area contributed by atoms with Crippen molar-refractivity contribution < 1.29 is 9.18 Å². The molecule has 0 radical (unpaired) electrons. The molecule has 2 heterocycles. The van der Waals surface area contributed by atoms with Crippen molar-refractivity contribution in [1.29, 1.82) is 0 Å². The van der Waals surface area contributed by atoms with Crippen LogP contribution in [0.2, 0.25) is 0 Å². The smallest absolute Gasteiger partial charge is 0.234 e. The normalized spacial score (nSPS) is 25.0. The molecule has 2 aliphatic heterocycles. The minimum atomic E-state index is -0.355. The minimum Gasteiger partial charge on any atom is -0.316 e. The molecule has 3 rings (SSSR count). The molecule has 0 spiro atoms. The Kier molecular flexibility index (Phi) is 4.35. The zero-order valence-electron chi connectivity index (χ0n) is 11.6. The summed E-state index contributed by atoms with van der Waals surface area (Å²) in [6, 6.07) is 4.75. The third-order valence-electron chi connectivity index (χ3n) is 4.30. The van der Waals surface area contributed by atoms with Gasteiger partial charge in [-0.25, -0.2) is 4.39 Å². The highest BCUT2D eigenvalue weighted by molar-refractivity contribution is 5.99. The van der Waals surface area contributed by atoms with Gasteiger partial charge in [-0.1, -0.05) is 6.07 Å². The molecule has 1 unspecified atom stereocenters. The second-order valence-electron chi connectivity index (χ2n) is 5.82. The van der Waals surface area contributed by atoms with Crippen LogP contribution in [-0.4, -0.2) is 25.5 Å². The Labute approximate surface area is 124 Å². The van der Waals surface area contributed by atoms with Crippen LogP contribution in [-0.2, 0) is 11.2 Å². The number of carbonyl (C=O) groups excluding carboxylic acids is 1. The number of nitrogens with one attached hydrogen (secondary N) is 1. The van der Waals surface area contributed by atoms with E-state index < -0.39 is 0 Å². The number of nitrogens with zero attached hydrogens (tertiary/aromatic N) is 1. The van der Waals surface area contributed by atoms with E-state index in [1.54, 1.807) is 11.0 Å². The van der Waals surface area contributed by atoms with Crippen molar-refractivity contribution in [2.24, 2.45) is 5.41 Å². The lowest BCUT2D eigenvalue weighted by molar-refractivity contribution is -0.128. The molecule has 1 atom stereocenters. The van der Waals surface area contributed by atoms with Crippen molar-refractivity contribution in [1.82, 2.24) is 5.32 Å². The van der Waals surface area contributed by atoms with Crippen molar-refractivity contribution in [2.45, 2.75) is 26.2 Å². The molecule has 2 aliphatic rings. The van der Waals surface area contributed by atoms with Gasteiger partial charge in [-0.15, -0.1) is 12.4 Å². The van der Waals surface area contributed by atoms with Crippen LogP contribution in [0.5, 0.6) is 0 Å². The van der Waals surface area contributed by atoms with E-state index in [1.165, 1.54) is 12.1 Å². The van der Waals surface area contributed by atoms with Gasteiger partial charge in [0.1, 0.15) is 5.82 Å². The van der Waals surface area contributed by atoms with E-state index >= 15 is 0 Å². The van der Waals surface area contributed by atoms with Gasteiger partial charge in [-0.2, -0.15) is 0 Å². The van der Waals surface area contributed by atoms with Crippen LogP contribution in [0.1, 0.15) is 25.3 Å². The van der Waals surface area contributed by atoms with Crippen LogP contribution >= 0.6 is 12.4 Å². The second kappa shape index (κ2) is 5.70. The highest BCUT2D eigenvalue weighted by atomic mass is 35.5. The standard InChI is InChI=1S/C15H19FN2O.ClH/c1-15(6-2-7-17-10-15)14(19)18-8-5-11-3-4-12(16)9-13(11)18;/h3-4,9,17H,2,5-8,10H2,1H3;1H. The number of benzene rings is 1. The number of amides is 1. The van der Waals surface area contributed by atoms with E-state index in [1.807, 2.05) is 6.92 Å². The zero-order chi connectivity index (χ0) is 13.5. The van der Waals surface area contributed by atoms with Gasteiger partial charge in [-0.3, -0.25) is 4.79 Å². The molecule has 0 aromatic heterocycles. The number of fused-ring (bicyclic) bond motifs is 1. The summed E-state index contributed by atoms with van der Waals surface area (Å²) in [7, 11) is 0. The fraction of sp³-hybridized carbons (Fsp3) is 0.533. The number of halogens is 2. The third-order valence-corrected chi connectivity index (χ3v) is 4.30. The van der Waals surface area contributed by atoms with Crippen LogP contribution in [0.3, 0.4) is 0 Å². The summed E-state index contributed by atoms with van der Waals surface area (Å²) in [6.07, 6.45) is 2.75. The van der Waals surface area contributed by atoms with E-state index in [4.69, 9.17) is 0 Å². The first-order valence-electron chi connectivity index (χ1n) is 6.91. The molecule has 3 nitrogen and oxygen atoms in total.